The molecular weight excluding hydrogens is 212 g/mol. The van der Waals surface area contributed by atoms with Crippen LogP contribution in [0.4, 0.5) is 4.79 Å². The maximum Gasteiger partial charge on any atom is 0.404 e. The molecule has 0 saturated carbocycles. The summed E-state index contributed by atoms with van der Waals surface area (Å²) in [4.78, 5) is 12.9. The minimum Gasteiger partial charge on any atom is -0.465 e. The zero-order chi connectivity index (χ0) is 11.1. The van der Waals surface area contributed by atoms with Gasteiger partial charge in [-0.25, -0.2) is 4.79 Å². The summed E-state index contributed by atoms with van der Waals surface area (Å²) < 4.78 is 0. The van der Waals surface area contributed by atoms with Gasteiger partial charge in [0.15, 0.2) is 0 Å². The van der Waals surface area contributed by atoms with Crippen molar-refractivity contribution in [1.82, 2.24) is 10.2 Å². The minimum absolute atomic E-state index is 0.164. The van der Waals surface area contributed by atoms with Gasteiger partial charge in [0.2, 0.25) is 0 Å². The van der Waals surface area contributed by atoms with Gasteiger partial charge in [0, 0.05) is 31.4 Å². The van der Waals surface area contributed by atoms with E-state index in [-0.39, 0.29) is 6.04 Å². The molecule has 0 atom stereocenters. The molecule has 1 saturated heterocycles. The third-order valence-electron chi connectivity index (χ3n) is 2.67. The van der Waals surface area contributed by atoms with E-state index in [1.807, 2.05) is 11.8 Å². The second-order valence-corrected chi connectivity index (χ2v) is 5.16. The molecule has 0 aromatic carbocycles. The van der Waals surface area contributed by atoms with Crippen molar-refractivity contribution >= 4 is 17.9 Å². The molecule has 0 aromatic rings. The van der Waals surface area contributed by atoms with Crippen molar-refractivity contribution in [1.29, 1.82) is 0 Å². The van der Waals surface area contributed by atoms with Crippen LogP contribution >= 0.6 is 11.8 Å². The Morgan fingerprint density at radius 3 is 2.73 bits per heavy atom. The number of nitrogens with one attached hydrogen (secondary N) is 1. The van der Waals surface area contributed by atoms with Gasteiger partial charge in [-0.2, -0.15) is 11.8 Å². The van der Waals surface area contributed by atoms with E-state index in [1.165, 1.54) is 11.5 Å². The fraction of sp³-hybridized carbons (Fsp3) is 0.900. The quantitative estimate of drug-likeness (QED) is 0.705. The Balaban J connectivity index is 2.10. The molecule has 0 aromatic heterocycles. The summed E-state index contributed by atoms with van der Waals surface area (Å²) in [5, 5.41) is 11.1. The second kappa shape index (κ2) is 6.95. The molecule has 1 fully saturated rings. The van der Waals surface area contributed by atoms with E-state index in [2.05, 4.69) is 17.1 Å². The monoisotopic (exact) mass is 232 g/mol. The predicted molar refractivity (Wildman–Crippen MR) is 63.6 cm³/mol. The molecule has 5 heteroatoms. The Hall–Kier alpha value is -0.420. The number of carboxylic acid groups (broad SMARTS) is 1. The summed E-state index contributed by atoms with van der Waals surface area (Å²) in [5.41, 5.74) is 0. The third kappa shape index (κ3) is 5.28. The largest absolute Gasteiger partial charge is 0.465 e. The summed E-state index contributed by atoms with van der Waals surface area (Å²) >= 11 is 1.96. The Morgan fingerprint density at radius 1 is 1.53 bits per heavy atom. The number of nitrogens with zero attached hydrogens (tertiary/aromatic N) is 1. The smallest absolute Gasteiger partial charge is 0.404 e. The fourth-order valence-corrected chi connectivity index (χ4v) is 2.49. The summed E-state index contributed by atoms with van der Waals surface area (Å²) in [5.74, 6) is 2.37. The molecule has 0 aliphatic carbocycles. The molecule has 1 heterocycles. The van der Waals surface area contributed by atoms with Gasteiger partial charge >= 0.3 is 6.09 Å². The average Bonchev–Trinajstić information content (AvgIpc) is 2.20. The standard InChI is InChI=1S/C10H20N2O2S/c1-2-15-8-7-12-5-3-9(4-6-12)11-10(13)14/h9,11H,2-8H2,1H3,(H,13,14). The van der Waals surface area contributed by atoms with E-state index in [1.54, 1.807) is 0 Å². The molecule has 1 amide bonds. The first kappa shape index (κ1) is 12.6. The lowest BCUT2D eigenvalue weighted by atomic mass is 10.1. The molecular formula is C10H20N2O2S. The van der Waals surface area contributed by atoms with Crippen molar-refractivity contribution in [3.63, 3.8) is 0 Å². The van der Waals surface area contributed by atoms with E-state index in [4.69, 9.17) is 5.11 Å². The van der Waals surface area contributed by atoms with Gasteiger partial charge in [-0.1, -0.05) is 6.92 Å². The van der Waals surface area contributed by atoms with Gasteiger partial charge in [0.05, 0.1) is 0 Å². The number of rotatable bonds is 5. The summed E-state index contributed by atoms with van der Waals surface area (Å²) in [7, 11) is 0. The Kier molecular flexibility index (Phi) is 5.86. The highest BCUT2D eigenvalue weighted by molar-refractivity contribution is 7.99. The molecule has 1 aliphatic heterocycles. The van der Waals surface area contributed by atoms with E-state index in [0.29, 0.717) is 0 Å². The lowest BCUT2D eigenvalue weighted by Gasteiger charge is -2.31. The molecule has 0 radical (unpaired) electrons. The highest BCUT2D eigenvalue weighted by Gasteiger charge is 2.19. The minimum atomic E-state index is -0.894. The van der Waals surface area contributed by atoms with Crippen molar-refractivity contribution < 1.29 is 9.90 Å². The van der Waals surface area contributed by atoms with Crippen LogP contribution in [-0.4, -0.2) is 53.3 Å². The van der Waals surface area contributed by atoms with E-state index >= 15 is 0 Å². The molecule has 0 unspecified atom stereocenters. The number of amides is 1. The van der Waals surface area contributed by atoms with Crippen LogP contribution in [0.25, 0.3) is 0 Å². The van der Waals surface area contributed by atoms with Crippen LogP contribution in [0.1, 0.15) is 19.8 Å². The van der Waals surface area contributed by atoms with Crippen LogP contribution in [0.2, 0.25) is 0 Å². The lowest BCUT2D eigenvalue weighted by Crippen LogP contribution is -2.44. The molecule has 4 nitrogen and oxygen atoms in total. The van der Waals surface area contributed by atoms with Crippen LogP contribution in [0, 0.1) is 0 Å². The van der Waals surface area contributed by atoms with E-state index in [0.717, 1.165) is 32.5 Å². The van der Waals surface area contributed by atoms with E-state index in [9.17, 15) is 4.79 Å². The summed E-state index contributed by atoms with van der Waals surface area (Å²) in [6.07, 6.45) is 1.00. The molecule has 0 spiro atoms. The maximum atomic E-state index is 10.4. The molecule has 1 rings (SSSR count). The van der Waals surface area contributed by atoms with Crippen LogP contribution in [0.5, 0.6) is 0 Å². The molecule has 15 heavy (non-hydrogen) atoms. The molecule has 88 valence electrons. The van der Waals surface area contributed by atoms with Gasteiger partial charge < -0.3 is 15.3 Å². The first-order valence-corrected chi connectivity index (χ1v) is 6.67. The maximum absolute atomic E-state index is 10.4. The zero-order valence-electron chi connectivity index (χ0n) is 9.24. The Labute approximate surface area is 95.4 Å². The number of thioether (sulfide) groups is 1. The summed E-state index contributed by atoms with van der Waals surface area (Å²) in [6.45, 7) is 5.36. The second-order valence-electron chi connectivity index (χ2n) is 3.76. The molecule has 1 aliphatic rings. The molecule has 2 N–H and O–H groups in total. The third-order valence-corrected chi connectivity index (χ3v) is 3.55. The van der Waals surface area contributed by atoms with E-state index < -0.39 is 6.09 Å². The van der Waals surface area contributed by atoms with Crippen molar-refractivity contribution in [3.05, 3.63) is 0 Å². The number of piperidine rings is 1. The van der Waals surface area contributed by atoms with Gasteiger partial charge in [-0.05, 0) is 18.6 Å². The number of carbonyl (C=O) groups is 1. The van der Waals surface area contributed by atoms with Crippen molar-refractivity contribution in [2.24, 2.45) is 0 Å². The fourth-order valence-electron chi connectivity index (χ4n) is 1.81. The van der Waals surface area contributed by atoms with Crippen molar-refractivity contribution in [2.45, 2.75) is 25.8 Å². The highest BCUT2D eigenvalue weighted by Crippen LogP contribution is 2.11. The lowest BCUT2D eigenvalue weighted by molar-refractivity contribution is 0.171. The van der Waals surface area contributed by atoms with Gasteiger partial charge in [0.25, 0.3) is 0 Å². The molecule has 0 bridgehead atoms. The van der Waals surface area contributed by atoms with Gasteiger partial charge in [-0.15, -0.1) is 0 Å². The average molecular weight is 232 g/mol. The highest BCUT2D eigenvalue weighted by atomic mass is 32.2. The first-order valence-electron chi connectivity index (χ1n) is 5.52. The Bertz CT molecular complexity index is 194. The van der Waals surface area contributed by atoms with Crippen LogP contribution in [-0.2, 0) is 0 Å². The van der Waals surface area contributed by atoms with Crippen LogP contribution in [0.3, 0.4) is 0 Å². The van der Waals surface area contributed by atoms with Crippen LogP contribution in [0.15, 0.2) is 0 Å². The normalized spacial score (nSPS) is 19.0. The van der Waals surface area contributed by atoms with Gasteiger partial charge in [-0.3, -0.25) is 0 Å². The topological polar surface area (TPSA) is 52.6 Å². The van der Waals surface area contributed by atoms with Crippen molar-refractivity contribution in [2.75, 3.05) is 31.1 Å². The number of hydrogen-bond donors (Lipinski definition) is 2. The SMILES string of the molecule is CCSCCN1CCC(NC(=O)O)CC1. The Morgan fingerprint density at radius 2 is 2.20 bits per heavy atom. The first-order chi connectivity index (χ1) is 7.22. The van der Waals surface area contributed by atoms with Crippen molar-refractivity contribution in [3.8, 4) is 0 Å². The number of hydrogen-bond acceptors (Lipinski definition) is 3. The zero-order valence-corrected chi connectivity index (χ0v) is 10.1. The van der Waals surface area contributed by atoms with Gasteiger partial charge in [0.1, 0.15) is 0 Å². The van der Waals surface area contributed by atoms with Crippen LogP contribution < -0.4 is 5.32 Å². The summed E-state index contributed by atoms with van der Waals surface area (Å²) in [6, 6.07) is 0.164. The predicted octanol–water partition coefficient (Wildman–Crippen LogP) is 1.47. The number of likely N-dealkylation sites (tertiary alicyclic amines) is 1.